The Bertz CT molecular complexity index is 977. The summed E-state index contributed by atoms with van der Waals surface area (Å²) < 4.78 is 11.0. The molecule has 2 fully saturated rings. The molecule has 188 valence electrons. The van der Waals surface area contributed by atoms with E-state index >= 15 is 0 Å². The van der Waals surface area contributed by atoms with Crippen molar-refractivity contribution in [3.05, 3.63) is 59.5 Å². The molecule has 2 unspecified atom stereocenters. The lowest BCUT2D eigenvalue weighted by atomic mass is 10.00. The zero-order valence-corrected chi connectivity index (χ0v) is 20.3. The van der Waals surface area contributed by atoms with Gasteiger partial charge in [-0.05, 0) is 55.4 Å². The predicted octanol–water partition coefficient (Wildman–Crippen LogP) is 3.38. The summed E-state index contributed by atoms with van der Waals surface area (Å²) in [5, 5.41) is 5.81. The molecule has 0 spiro atoms. The molecule has 1 aromatic carbocycles. The maximum atomic E-state index is 13.7. The second-order valence-electron chi connectivity index (χ2n) is 9.33. The van der Waals surface area contributed by atoms with Gasteiger partial charge in [0, 0.05) is 19.2 Å². The highest BCUT2D eigenvalue weighted by Gasteiger charge is 2.35. The van der Waals surface area contributed by atoms with Gasteiger partial charge in [-0.3, -0.25) is 14.4 Å². The lowest BCUT2D eigenvalue weighted by Gasteiger charge is -2.34. The standard InChI is InChI=1S/C27H35N3O5/c1-2-19-11-13-20(14-12-19)25(27(33)29-21-7-3-4-8-21)30(18-22-9-5-15-34-22)24(31)17-28-26(32)23-10-6-16-35-23/h6,10-14,16,21-22,25H,2-5,7-9,15,17-18H2,1H3,(H,28,32)(H,29,33). The van der Waals surface area contributed by atoms with Gasteiger partial charge in [0.2, 0.25) is 11.8 Å². The third-order valence-electron chi connectivity index (χ3n) is 6.86. The molecule has 1 aromatic heterocycles. The van der Waals surface area contributed by atoms with E-state index in [2.05, 4.69) is 17.6 Å². The quantitative estimate of drug-likeness (QED) is 0.542. The molecular formula is C27H35N3O5. The van der Waals surface area contributed by atoms with E-state index in [1.165, 1.54) is 12.3 Å². The Labute approximate surface area is 206 Å². The average Bonchev–Trinajstić information content (AvgIpc) is 3.66. The van der Waals surface area contributed by atoms with E-state index in [0.29, 0.717) is 6.61 Å². The first kappa shape index (κ1) is 25.0. The van der Waals surface area contributed by atoms with E-state index in [0.717, 1.165) is 56.1 Å². The zero-order chi connectivity index (χ0) is 24.6. The Morgan fingerprint density at radius 1 is 1.06 bits per heavy atom. The van der Waals surface area contributed by atoms with Crippen LogP contribution in [0.3, 0.4) is 0 Å². The van der Waals surface area contributed by atoms with Crippen molar-refractivity contribution in [1.29, 1.82) is 0 Å². The summed E-state index contributed by atoms with van der Waals surface area (Å²) in [4.78, 5) is 41.1. The Morgan fingerprint density at radius 2 is 1.83 bits per heavy atom. The summed E-state index contributed by atoms with van der Waals surface area (Å²) in [7, 11) is 0. The van der Waals surface area contributed by atoms with E-state index in [9.17, 15) is 14.4 Å². The topological polar surface area (TPSA) is 101 Å². The number of carbonyl (C=O) groups is 3. The SMILES string of the molecule is CCc1ccc(C(C(=O)NC2CCCC2)N(CC2CCCO2)C(=O)CNC(=O)c2ccco2)cc1. The number of ether oxygens (including phenoxy) is 1. The van der Waals surface area contributed by atoms with E-state index in [1.54, 1.807) is 11.0 Å². The van der Waals surface area contributed by atoms with Crippen LogP contribution in [0.5, 0.6) is 0 Å². The molecule has 1 saturated carbocycles. The average molecular weight is 482 g/mol. The summed E-state index contributed by atoms with van der Waals surface area (Å²) in [5.41, 5.74) is 1.91. The van der Waals surface area contributed by atoms with Crippen LogP contribution in [-0.4, -0.2) is 54.5 Å². The van der Waals surface area contributed by atoms with Crippen LogP contribution in [-0.2, 0) is 20.7 Å². The van der Waals surface area contributed by atoms with Crippen LogP contribution in [0.25, 0.3) is 0 Å². The van der Waals surface area contributed by atoms with E-state index in [4.69, 9.17) is 9.15 Å². The number of nitrogens with zero attached hydrogens (tertiary/aromatic N) is 1. The number of carbonyl (C=O) groups excluding carboxylic acids is 3. The van der Waals surface area contributed by atoms with Gasteiger partial charge in [0.25, 0.3) is 5.91 Å². The lowest BCUT2D eigenvalue weighted by molar-refractivity contribution is -0.142. The molecule has 35 heavy (non-hydrogen) atoms. The second-order valence-corrected chi connectivity index (χ2v) is 9.33. The second kappa shape index (κ2) is 12.0. The van der Waals surface area contributed by atoms with Crippen molar-refractivity contribution in [2.45, 2.75) is 70.1 Å². The number of hydrogen-bond donors (Lipinski definition) is 2. The van der Waals surface area contributed by atoms with Gasteiger partial charge in [-0.1, -0.05) is 44.0 Å². The van der Waals surface area contributed by atoms with Gasteiger partial charge >= 0.3 is 0 Å². The number of aryl methyl sites for hydroxylation is 1. The molecule has 1 aliphatic carbocycles. The monoisotopic (exact) mass is 481 g/mol. The van der Waals surface area contributed by atoms with Gasteiger partial charge in [-0.15, -0.1) is 0 Å². The van der Waals surface area contributed by atoms with Crippen molar-refractivity contribution in [3.63, 3.8) is 0 Å². The molecule has 2 atom stereocenters. The van der Waals surface area contributed by atoms with Crippen molar-refractivity contribution in [2.75, 3.05) is 19.7 Å². The highest BCUT2D eigenvalue weighted by molar-refractivity contribution is 5.95. The van der Waals surface area contributed by atoms with Crippen LogP contribution in [0, 0.1) is 0 Å². The maximum Gasteiger partial charge on any atom is 0.287 e. The fraction of sp³-hybridized carbons (Fsp3) is 0.519. The first-order valence-corrected chi connectivity index (χ1v) is 12.7. The summed E-state index contributed by atoms with van der Waals surface area (Å²) in [6.45, 7) is 2.76. The summed E-state index contributed by atoms with van der Waals surface area (Å²) in [6.07, 6.45) is 7.99. The zero-order valence-electron chi connectivity index (χ0n) is 20.3. The number of amides is 3. The molecule has 2 aliphatic rings. The third kappa shape index (κ3) is 6.51. The minimum Gasteiger partial charge on any atom is -0.459 e. The lowest BCUT2D eigenvalue weighted by Crippen LogP contribution is -2.50. The van der Waals surface area contributed by atoms with Crippen molar-refractivity contribution >= 4 is 17.7 Å². The van der Waals surface area contributed by atoms with Crippen LogP contribution in [0.2, 0.25) is 0 Å². The number of hydrogen-bond acceptors (Lipinski definition) is 5. The van der Waals surface area contributed by atoms with Crippen LogP contribution in [0.15, 0.2) is 47.1 Å². The number of benzene rings is 1. The van der Waals surface area contributed by atoms with Gasteiger partial charge in [0.05, 0.1) is 18.9 Å². The number of nitrogens with one attached hydrogen (secondary N) is 2. The number of furan rings is 1. The molecule has 2 N–H and O–H groups in total. The normalized spacial score (nSPS) is 18.8. The molecule has 4 rings (SSSR count). The fourth-order valence-corrected chi connectivity index (χ4v) is 4.87. The Hall–Kier alpha value is -3.13. The van der Waals surface area contributed by atoms with Gasteiger partial charge in [0.15, 0.2) is 5.76 Å². The summed E-state index contributed by atoms with van der Waals surface area (Å²) >= 11 is 0. The first-order chi connectivity index (χ1) is 17.0. The van der Waals surface area contributed by atoms with Gasteiger partial charge in [0.1, 0.15) is 6.04 Å². The van der Waals surface area contributed by atoms with Crippen molar-refractivity contribution in [2.24, 2.45) is 0 Å². The molecule has 3 amide bonds. The first-order valence-electron chi connectivity index (χ1n) is 12.7. The van der Waals surface area contributed by atoms with Crippen LogP contribution >= 0.6 is 0 Å². The maximum absolute atomic E-state index is 13.7. The summed E-state index contributed by atoms with van der Waals surface area (Å²) in [6, 6.07) is 10.3. The van der Waals surface area contributed by atoms with Gasteiger partial charge in [-0.2, -0.15) is 0 Å². The molecule has 1 aliphatic heterocycles. The largest absolute Gasteiger partial charge is 0.459 e. The van der Waals surface area contributed by atoms with Gasteiger partial charge in [-0.25, -0.2) is 0 Å². The van der Waals surface area contributed by atoms with Crippen LogP contribution in [0.4, 0.5) is 0 Å². The molecule has 2 aromatic rings. The molecule has 8 heteroatoms. The molecule has 0 radical (unpaired) electrons. The van der Waals surface area contributed by atoms with E-state index in [1.807, 2.05) is 24.3 Å². The molecular weight excluding hydrogens is 446 g/mol. The Morgan fingerprint density at radius 3 is 2.46 bits per heavy atom. The van der Waals surface area contributed by atoms with Crippen LogP contribution < -0.4 is 10.6 Å². The van der Waals surface area contributed by atoms with Crippen molar-refractivity contribution in [3.8, 4) is 0 Å². The third-order valence-corrected chi connectivity index (χ3v) is 6.86. The van der Waals surface area contributed by atoms with E-state index < -0.39 is 11.9 Å². The summed E-state index contributed by atoms with van der Waals surface area (Å²) in [5.74, 6) is -0.870. The number of rotatable bonds is 10. The molecule has 1 saturated heterocycles. The molecule has 8 nitrogen and oxygen atoms in total. The molecule has 2 heterocycles. The minimum atomic E-state index is -0.807. The van der Waals surface area contributed by atoms with Crippen molar-refractivity contribution in [1.82, 2.24) is 15.5 Å². The predicted molar refractivity (Wildman–Crippen MR) is 131 cm³/mol. The van der Waals surface area contributed by atoms with Crippen LogP contribution in [0.1, 0.15) is 73.2 Å². The molecule has 0 bridgehead atoms. The van der Waals surface area contributed by atoms with Gasteiger partial charge < -0.3 is 24.7 Å². The fourth-order valence-electron chi connectivity index (χ4n) is 4.87. The Balaban J connectivity index is 1.58. The van der Waals surface area contributed by atoms with Crippen molar-refractivity contribution < 1.29 is 23.5 Å². The highest BCUT2D eigenvalue weighted by Crippen LogP contribution is 2.27. The highest BCUT2D eigenvalue weighted by atomic mass is 16.5. The Kier molecular flexibility index (Phi) is 8.58. The minimum absolute atomic E-state index is 0.123. The smallest absolute Gasteiger partial charge is 0.287 e. The van der Waals surface area contributed by atoms with E-state index in [-0.39, 0.29) is 42.8 Å².